The molecule has 122 valence electrons. The first-order valence-electron chi connectivity index (χ1n) is 6.76. The van der Waals surface area contributed by atoms with Crippen molar-refractivity contribution in [2.75, 3.05) is 13.7 Å². The standard InChI is InChI=1S/C15H15BrN2O5/c1-22-13-8-12(23-17-13)15(21)18(6-5-14(19)20)9-10-3-2-4-11(16)7-10/h2-4,7-8H,5-6,9H2,1H3,(H,19,20). The summed E-state index contributed by atoms with van der Waals surface area (Å²) in [5.41, 5.74) is 0.865. The molecule has 1 aromatic heterocycles. The average Bonchev–Trinajstić information content (AvgIpc) is 2.99. The second kappa shape index (κ2) is 7.77. The van der Waals surface area contributed by atoms with Crippen LogP contribution in [0.2, 0.25) is 0 Å². The number of halogens is 1. The molecule has 23 heavy (non-hydrogen) atoms. The topological polar surface area (TPSA) is 92.9 Å². The Morgan fingerprint density at radius 1 is 1.39 bits per heavy atom. The van der Waals surface area contributed by atoms with Crippen LogP contribution in [0.15, 0.2) is 39.3 Å². The zero-order chi connectivity index (χ0) is 16.8. The summed E-state index contributed by atoms with van der Waals surface area (Å²) in [7, 11) is 1.41. The van der Waals surface area contributed by atoms with Gasteiger partial charge in [0.25, 0.3) is 11.8 Å². The summed E-state index contributed by atoms with van der Waals surface area (Å²) in [5.74, 6) is -1.23. The Labute approximate surface area is 141 Å². The van der Waals surface area contributed by atoms with Crippen molar-refractivity contribution in [2.45, 2.75) is 13.0 Å². The Bertz CT molecular complexity index is 701. The number of carboxylic acid groups (broad SMARTS) is 1. The van der Waals surface area contributed by atoms with Gasteiger partial charge in [0.05, 0.1) is 19.6 Å². The molecule has 2 rings (SSSR count). The summed E-state index contributed by atoms with van der Waals surface area (Å²) in [6, 6.07) is 8.80. The fraction of sp³-hybridized carbons (Fsp3) is 0.267. The number of benzene rings is 1. The van der Waals surface area contributed by atoms with Gasteiger partial charge in [0.15, 0.2) is 0 Å². The predicted molar refractivity (Wildman–Crippen MR) is 84.2 cm³/mol. The number of hydrogen-bond acceptors (Lipinski definition) is 5. The number of rotatable bonds is 7. The van der Waals surface area contributed by atoms with Crippen molar-refractivity contribution in [1.82, 2.24) is 10.1 Å². The zero-order valence-corrected chi connectivity index (χ0v) is 13.9. The lowest BCUT2D eigenvalue weighted by atomic mass is 10.2. The van der Waals surface area contributed by atoms with E-state index in [-0.39, 0.29) is 31.2 Å². The molecule has 0 radical (unpaired) electrons. The summed E-state index contributed by atoms with van der Waals surface area (Å²) >= 11 is 3.37. The number of ether oxygens (including phenoxy) is 1. The van der Waals surface area contributed by atoms with Gasteiger partial charge in [0.2, 0.25) is 5.76 Å². The molecule has 0 atom stereocenters. The van der Waals surface area contributed by atoms with Crippen LogP contribution in [0.1, 0.15) is 22.5 Å². The summed E-state index contributed by atoms with van der Waals surface area (Å²) in [6.07, 6.45) is -0.162. The highest BCUT2D eigenvalue weighted by atomic mass is 79.9. The fourth-order valence-electron chi connectivity index (χ4n) is 1.95. The van der Waals surface area contributed by atoms with Gasteiger partial charge < -0.3 is 19.3 Å². The summed E-state index contributed by atoms with van der Waals surface area (Å²) in [6.45, 7) is 0.318. The highest BCUT2D eigenvalue weighted by molar-refractivity contribution is 9.10. The zero-order valence-electron chi connectivity index (χ0n) is 12.4. The minimum atomic E-state index is -0.979. The van der Waals surface area contributed by atoms with E-state index in [1.54, 1.807) is 0 Å². The summed E-state index contributed by atoms with van der Waals surface area (Å²) in [4.78, 5) is 24.7. The number of nitrogens with zero attached hydrogens (tertiary/aromatic N) is 2. The van der Waals surface area contributed by atoms with E-state index in [9.17, 15) is 9.59 Å². The molecule has 1 aromatic carbocycles. The van der Waals surface area contributed by atoms with Crippen molar-refractivity contribution in [1.29, 1.82) is 0 Å². The molecule has 0 bridgehead atoms. The Kier molecular flexibility index (Phi) is 5.75. The molecule has 1 N–H and O–H groups in total. The molecule has 2 aromatic rings. The Morgan fingerprint density at radius 3 is 2.78 bits per heavy atom. The molecule has 0 aliphatic carbocycles. The molecule has 0 unspecified atom stereocenters. The van der Waals surface area contributed by atoms with Crippen molar-refractivity contribution in [2.24, 2.45) is 0 Å². The molecule has 0 spiro atoms. The Balaban J connectivity index is 2.18. The van der Waals surface area contributed by atoms with Gasteiger partial charge in [-0.05, 0) is 22.9 Å². The number of aliphatic carboxylic acids is 1. The molecule has 0 saturated heterocycles. The highest BCUT2D eigenvalue weighted by Crippen LogP contribution is 2.17. The third kappa shape index (κ3) is 4.82. The van der Waals surface area contributed by atoms with Crippen molar-refractivity contribution in [3.63, 3.8) is 0 Å². The van der Waals surface area contributed by atoms with Crippen LogP contribution < -0.4 is 4.74 Å². The minimum Gasteiger partial charge on any atom is -0.481 e. The van der Waals surface area contributed by atoms with Gasteiger partial charge in [0, 0.05) is 17.6 Å². The maximum atomic E-state index is 12.5. The van der Waals surface area contributed by atoms with E-state index in [0.717, 1.165) is 10.0 Å². The lowest BCUT2D eigenvalue weighted by Crippen LogP contribution is -2.32. The second-order valence-electron chi connectivity index (χ2n) is 4.73. The van der Waals surface area contributed by atoms with Gasteiger partial charge in [-0.3, -0.25) is 9.59 Å². The van der Waals surface area contributed by atoms with Crippen LogP contribution >= 0.6 is 15.9 Å². The van der Waals surface area contributed by atoms with Crippen molar-refractivity contribution in [3.8, 4) is 5.88 Å². The molecule has 0 aliphatic heterocycles. The van der Waals surface area contributed by atoms with Crippen LogP contribution in [0.25, 0.3) is 0 Å². The van der Waals surface area contributed by atoms with E-state index >= 15 is 0 Å². The molecular formula is C15H15BrN2O5. The van der Waals surface area contributed by atoms with E-state index < -0.39 is 11.9 Å². The number of aromatic nitrogens is 1. The lowest BCUT2D eigenvalue weighted by molar-refractivity contribution is -0.137. The molecule has 7 nitrogen and oxygen atoms in total. The lowest BCUT2D eigenvalue weighted by Gasteiger charge is -2.20. The van der Waals surface area contributed by atoms with Crippen molar-refractivity contribution < 1.29 is 24.0 Å². The molecule has 0 saturated carbocycles. The van der Waals surface area contributed by atoms with Gasteiger partial charge in [-0.25, -0.2) is 0 Å². The summed E-state index contributed by atoms with van der Waals surface area (Å²) in [5, 5.41) is 12.5. The number of methoxy groups -OCH3 is 1. The Morgan fingerprint density at radius 2 is 2.17 bits per heavy atom. The first-order chi connectivity index (χ1) is 11.0. The molecule has 0 aliphatic rings. The third-order valence-electron chi connectivity index (χ3n) is 3.05. The minimum absolute atomic E-state index is 0.00207. The molecular weight excluding hydrogens is 368 g/mol. The number of carbonyl (C=O) groups excluding carboxylic acids is 1. The largest absolute Gasteiger partial charge is 0.481 e. The van der Waals surface area contributed by atoms with Crippen LogP contribution in [-0.2, 0) is 11.3 Å². The molecule has 8 heteroatoms. The predicted octanol–water partition coefficient (Wildman–Crippen LogP) is 2.56. The average molecular weight is 383 g/mol. The van der Waals surface area contributed by atoms with Crippen LogP contribution in [0.3, 0.4) is 0 Å². The van der Waals surface area contributed by atoms with E-state index in [2.05, 4.69) is 21.1 Å². The van der Waals surface area contributed by atoms with Crippen LogP contribution in [0.4, 0.5) is 0 Å². The molecule has 1 amide bonds. The van der Waals surface area contributed by atoms with E-state index in [0.29, 0.717) is 0 Å². The number of amides is 1. The van der Waals surface area contributed by atoms with Gasteiger partial charge in [0.1, 0.15) is 0 Å². The summed E-state index contributed by atoms with van der Waals surface area (Å²) < 4.78 is 10.7. The van der Waals surface area contributed by atoms with Crippen LogP contribution in [-0.4, -0.2) is 40.7 Å². The van der Waals surface area contributed by atoms with Crippen LogP contribution in [0.5, 0.6) is 5.88 Å². The van der Waals surface area contributed by atoms with Crippen molar-refractivity contribution in [3.05, 3.63) is 46.1 Å². The van der Waals surface area contributed by atoms with Crippen molar-refractivity contribution >= 4 is 27.8 Å². The fourth-order valence-corrected chi connectivity index (χ4v) is 2.40. The number of hydrogen-bond donors (Lipinski definition) is 1. The Hall–Kier alpha value is -2.35. The van der Waals surface area contributed by atoms with E-state index in [1.807, 2.05) is 24.3 Å². The normalized spacial score (nSPS) is 10.3. The van der Waals surface area contributed by atoms with Gasteiger partial charge >= 0.3 is 5.97 Å². The quantitative estimate of drug-likeness (QED) is 0.790. The molecule has 1 heterocycles. The maximum absolute atomic E-state index is 12.5. The highest BCUT2D eigenvalue weighted by Gasteiger charge is 2.22. The first kappa shape index (κ1) is 17.0. The number of carboxylic acids is 1. The maximum Gasteiger partial charge on any atom is 0.305 e. The first-order valence-corrected chi connectivity index (χ1v) is 7.55. The van der Waals surface area contributed by atoms with E-state index in [4.69, 9.17) is 14.4 Å². The SMILES string of the molecule is COc1cc(C(=O)N(CCC(=O)O)Cc2cccc(Br)c2)on1. The smallest absolute Gasteiger partial charge is 0.305 e. The van der Waals surface area contributed by atoms with Gasteiger partial charge in [-0.2, -0.15) is 0 Å². The third-order valence-corrected chi connectivity index (χ3v) is 3.55. The van der Waals surface area contributed by atoms with Gasteiger partial charge in [-0.15, -0.1) is 0 Å². The van der Waals surface area contributed by atoms with Gasteiger partial charge in [-0.1, -0.05) is 28.1 Å². The molecule has 0 fully saturated rings. The van der Waals surface area contributed by atoms with E-state index in [1.165, 1.54) is 18.1 Å². The monoisotopic (exact) mass is 382 g/mol. The second-order valence-corrected chi connectivity index (χ2v) is 5.65. The van der Waals surface area contributed by atoms with Crippen LogP contribution in [0, 0.1) is 0 Å². The number of carbonyl (C=O) groups is 2.